The third-order valence-electron chi connectivity index (χ3n) is 11.1. The minimum Gasteiger partial charge on any atom is -0.234 e. The molecule has 0 spiro atoms. The Hall–Kier alpha value is -0.790. The smallest absolute Gasteiger partial charge is 0.234 e. The second-order valence-electron chi connectivity index (χ2n) is 15.9. The quantitative estimate of drug-likeness (QED) is 0.0485. The van der Waals surface area contributed by atoms with Gasteiger partial charge in [-0.25, -0.2) is 9.13 Å². The summed E-state index contributed by atoms with van der Waals surface area (Å²) < 4.78 is 5.30. The van der Waals surface area contributed by atoms with E-state index in [1.165, 1.54) is 257 Å². The van der Waals surface area contributed by atoms with Crippen LogP contribution in [0.5, 0.6) is 0 Å². The van der Waals surface area contributed by atoms with Crippen LogP contribution in [-0.4, -0.2) is 4.57 Å². The Labute approximate surface area is 304 Å². The fourth-order valence-electron chi connectivity index (χ4n) is 7.74. The van der Waals surface area contributed by atoms with Crippen LogP contribution >= 0.6 is 0 Å². The van der Waals surface area contributed by atoms with E-state index in [2.05, 4.69) is 42.3 Å². The topological polar surface area (TPSA) is 8.81 Å². The maximum Gasteiger partial charge on any atom is 0.256 e. The summed E-state index contributed by atoms with van der Waals surface area (Å²) in [5.74, 6) is 1.63. The van der Waals surface area contributed by atoms with Crippen molar-refractivity contribution in [2.45, 2.75) is 278 Å². The van der Waals surface area contributed by atoms with Crippen LogP contribution in [-0.2, 0) is 19.5 Å². The molecule has 0 bridgehead atoms. The van der Waals surface area contributed by atoms with Crippen molar-refractivity contribution in [1.29, 1.82) is 0 Å². The lowest BCUT2D eigenvalue weighted by Gasteiger charge is -2.07. The molecule has 1 aromatic rings. The summed E-state index contributed by atoms with van der Waals surface area (Å²) >= 11 is 0. The molecule has 0 saturated heterocycles. The number of aromatic nitrogens is 2. The Kier molecular flexibility index (Phi) is 35.3. The molecule has 0 amide bonds. The third-order valence-corrected chi connectivity index (χ3v) is 11.1. The number of nitrogens with zero attached hydrogens (tertiary/aromatic N) is 2. The van der Waals surface area contributed by atoms with E-state index in [1.54, 1.807) is 5.82 Å². The summed E-state index contributed by atoms with van der Waals surface area (Å²) in [5, 5.41) is 0. The van der Waals surface area contributed by atoms with Crippen molar-refractivity contribution in [2.75, 3.05) is 0 Å². The lowest BCUT2D eigenvalue weighted by Crippen LogP contribution is -2.37. The minimum absolute atomic E-state index is 1.23. The molecule has 284 valence electrons. The molecule has 0 atom stereocenters. The molecule has 2 heteroatoms. The van der Waals surface area contributed by atoms with Crippen LogP contribution in [0.1, 0.15) is 264 Å². The van der Waals surface area contributed by atoms with E-state index in [4.69, 9.17) is 0 Å². The summed E-state index contributed by atoms with van der Waals surface area (Å²) in [5.41, 5.74) is 0. The number of hydrogen-bond acceptors (Lipinski definition) is 0. The van der Waals surface area contributed by atoms with Gasteiger partial charge in [0, 0.05) is 6.42 Å². The SMILES string of the molecule is CCCCCCCCCCCCCCCCc1n(CCCCCCCCCCCC)cc[n+]1CCCCCCCCCCCCCCC. The average molecular weight is 672 g/mol. The molecule has 0 N–H and O–H groups in total. The Bertz CT molecular complexity index is 736. The van der Waals surface area contributed by atoms with Gasteiger partial charge in [-0.15, -0.1) is 0 Å². The van der Waals surface area contributed by atoms with Crippen molar-refractivity contribution < 1.29 is 4.57 Å². The van der Waals surface area contributed by atoms with Crippen LogP contribution in [0.3, 0.4) is 0 Å². The van der Waals surface area contributed by atoms with Gasteiger partial charge in [0.2, 0.25) is 0 Å². The van der Waals surface area contributed by atoms with Crippen molar-refractivity contribution in [3.63, 3.8) is 0 Å². The highest BCUT2D eigenvalue weighted by molar-refractivity contribution is 4.84. The average Bonchev–Trinajstić information content (AvgIpc) is 3.48. The summed E-state index contributed by atoms with van der Waals surface area (Å²) in [6.45, 7) is 9.41. The number of imidazole rings is 1. The van der Waals surface area contributed by atoms with Gasteiger partial charge >= 0.3 is 0 Å². The molecule has 0 unspecified atom stereocenters. The molecule has 0 fully saturated rings. The van der Waals surface area contributed by atoms with Crippen LogP contribution in [0.2, 0.25) is 0 Å². The molecule has 2 nitrogen and oxygen atoms in total. The summed E-state index contributed by atoms with van der Waals surface area (Å²) in [6, 6.07) is 0. The number of aryl methyl sites for hydroxylation is 2. The van der Waals surface area contributed by atoms with Crippen molar-refractivity contribution in [3.8, 4) is 0 Å². The number of unbranched alkanes of at least 4 members (excludes halogenated alkanes) is 34. The summed E-state index contributed by atoms with van der Waals surface area (Å²) in [6.07, 6.45) is 59.3. The first-order valence-corrected chi connectivity index (χ1v) is 22.9. The van der Waals surface area contributed by atoms with E-state index >= 15 is 0 Å². The first-order valence-electron chi connectivity index (χ1n) is 22.9. The first-order chi connectivity index (χ1) is 23.8. The van der Waals surface area contributed by atoms with Crippen LogP contribution in [0.25, 0.3) is 0 Å². The zero-order chi connectivity index (χ0) is 34.4. The first kappa shape index (κ1) is 45.2. The highest BCUT2D eigenvalue weighted by Gasteiger charge is 2.16. The van der Waals surface area contributed by atoms with Gasteiger partial charge in [-0.3, -0.25) is 0 Å². The molecule has 0 radical (unpaired) electrons. The van der Waals surface area contributed by atoms with Crippen molar-refractivity contribution >= 4 is 0 Å². The van der Waals surface area contributed by atoms with Crippen LogP contribution < -0.4 is 4.57 Å². The molecule has 0 aliphatic carbocycles. The lowest BCUT2D eigenvalue weighted by molar-refractivity contribution is -0.704. The molecule has 0 aliphatic rings. The summed E-state index contributed by atoms with van der Waals surface area (Å²) in [7, 11) is 0. The second kappa shape index (κ2) is 37.5. The van der Waals surface area contributed by atoms with Gasteiger partial charge in [0.05, 0.1) is 13.1 Å². The normalized spacial score (nSPS) is 11.6. The van der Waals surface area contributed by atoms with Gasteiger partial charge in [-0.2, -0.15) is 0 Å². The standard InChI is InChI=1S/C46H91N2/c1-4-7-10-13-16-19-22-24-25-27-29-32-35-38-41-46-47(42-39-36-33-30-21-18-15-12-9-6-3)44-45-48(46)43-40-37-34-31-28-26-23-20-17-14-11-8-5-2/h44-45H,4-43H2,1-3H3/q+1. The fourth-order valence-corrected chi connectivity index (χ4v) is 7.74. The zero-order valence-corrected chi connectivity index (χ0v) is 33.8. The van der Waals surface area contributed by atoms with E-state index in [0.717, 1.165) is 0 Å². The Balaban J connectivity index is 2.27. The molecule has 0 aliphatic heterocycles. The van der Waals surface area contributed by atoms with Gasteiger partial charge < -0.3 is 0 Å². The molecule has 1 rings (SSSR count). The van der Waals surface area contributed by atoms with Crippen LogP contribution in [0, 0.1) is 0 Å². The molecule has 48 heavy (non-hydrogen) atoms. The number of rotatable bonds is 40. The van der Waals surface area contributed by atoms with Crippen molar-refractivity contribution in [3.05, 3.63) is 18.2 Å². The lowest BCUT2D eigenvalue weighted by atomic mass is 10.0. The zero-order valence-electron chi connectivity index (χ0n) is 33.8. The molecule has 1 aromatic heterocycles. The highest BCUT2D eigenvalue weighted by Crippen LogP contribution is 2.16. The van der Waals surface area contributed by atoms with E-state index in [0.29, 0.717) is 0 Å². The Morgan fingerprint density at radius 1 is 0.354 bits per heavy atom. The van der Waals surface area contributed by atoms with E-state index in [9.17, 15) is 0 Å². The number of hydrogen-bond donors (Lipinski definition) is 0. The predicted molar refractivity (Wildman–Crippen MR) is 216 cm³/mol. The third kappa shape index (κ3) is 29.0. The molecule has 0 aromatic carbocycles. The molecule has 1 heterocycles. The van der Waals surface area contributed by atoms with Gasteiger partial charge in [-0.05, 0) is 32.1 Å². The maximum atomic E-state index is 2.65. The maximum absolute atomic E-state index is 2.65. The van der Waals surface area contributed by atoms with Crippen molar-refractivity contribution in [1.82, 2.24) is 4.57 Å². The Morgan fingerprint density at radius 2 is 0.646 bits per heavy atom. The van der Waals surface area contributed by atoms with E-state index in [-0.39, 0.29) is 0 Å². The minimum atomic E-state index is 1.23. The van der Waals surface area contributed by atoms with Gasteiger partial charge in [0.25, 0.3) is 5.82 Å². The molecular weight excluding hydrogens is 581 g/mol. The largest absolute Gasteiger partial charge is 0.256 e. The van der Waals surface area contributed by atoms with Crippen molar-refractivity contribution in [2.24, 2.45) is 0 Å². The molecule has 0 saturated carbocycles. The molecular formula is C46H91N2+. The van der Waals surface area contributed by atoms with Gasteiger partial charge in [0.15, 0.2) is 0 Å². The predicted octanol–water partition coefficient (Wildman–Crippen LogP) is 15.8. The van der Waals surface area contributed by atoms with Gasteiger partial charge in [-0.1, -0.05) is 226 Å². The second-order valence-corrected chi connectivity index (χ2v) is 15.9. The fraction of sp³-hybridized carbons (Fsp3) is 0.935. The van der Waals surface area contributed by atoms with Crippen LogP contribution in [0.15, 0.2) is 12.4 Å². The van der Waals surface area contributed by atoms with Gasteiger partial charge in [0.1, 0.15) is 12.4 Å². The van der Waals surface area contributed by atoms with Crippen LogP contribution in [0.4, 0.5) is 0 Å². The summed E-state index contributed by atoms with van der Waals surface area (Å²) in [4.78, 5) is 0. The van der Waals surface area contributed by atoms with E-state index in [1.807, 2.05) is 0 Å². The van der Waals surface area contributed by atoms with E-state index < -0.39 is 0 Å². The highest BCUT2D eigenvalue weighted by atomic mass is 15.1. The Morgan fingerprint density at radius 3 is 1.00 bits per heavy atom. The monoisotopic (exact) mass is 672 g/mol.